The maximum Gasteiger partial charge on any atom is 0.329 e. The summed E-state index contributed by atoms with van der Waals surface area (Å²) in [6.07, 6.45) is 2.87. The third-order valence-corrected chi connectivity index (χ3v) is 3.92. The van der Waals surface area contributed by atoms with Gasteiger partial charge in [-0.15, -0.1) is 11.3 Å². The van der Waals surface area contributed by atoms with Crippen LogP contribution in [-0.4, -0.2) is 16.1 Å². The normalized spacial score (nSPS) is 11.6. The number of aliphatic carboxylic acids is 1. The molecule has 19 heavy (non-hydrogen) atoms. The summed E-state index contributed by atoms with van der Waals surface area (Å²) in [6.45, 7) is 1.92. The molecule has 0 aliphatic heterocycles. The van der Waals surface area contributed by atoms with E-state index in [0.717, 1.165) is 21.0 Å². The first-order chi connectivity index (χ1) is 8.95. The number of benzene rings is 1. The standard InChI is InChI=1S/C13H9BrClNO2S/c1-7-6-16-13(19-7)11(5-12(17)18)8-2-9(14)4-10(15)3-8/h2-6H,1H3,(H,17,18)/b11-5-. The van der Waals surface area contributed by atoms with Gasteiger partial charge in [-0.2, -0.15) is 0 Å². The molecule has 2 rings (SSSR count). The lowest BCUT2D eigenvalue weighted by Crippen LogP contribution is -1.94. The zero-order valence-corrected chi connectivity index (χ0v) is 13.0. The third-order valence-electron chi connectivity index (χ3n) is 2.29. The molecule has 0 aliphatic rings. The minimum atomic E-state index is -1.01. The summed E-state index contributed by atoms with van der Waals surface area (Å²) in [5.41, 5.74) is 1.27. The number of carboxylic acids is 1. The van der Waals surface area contributed by atoms with Crippen LogP contribution in [0.5, 0.6) is 0 Å². The molecule has 0 spiro atoms. The lowest BCUT2D eigenvalue weighted by atomic mass is 10.1. The van der Waals surface area contributed by atoms with E-state index in [1.165, 1.54) is 11.3 Å². The molecule has 2 aromatic rings. The van der Waals surface area contributed by atoms with Gasteiger partial charge in [0.15, 0.2) is 0 Å². The highest BCUT2D eigenvalue weighted by Crippen LogP contribution is 2.31. The summed E-state index contributed by atoms with van der Waals surface area (Å²) < 4.78 is 0.791. The van der Waals surface area contributed by atoms with Crippen LogP contribution in [0, 0.1) is 6.92 Å². The molecule has 0 unspecified atom stereocenters. The predicted molar refractivity (Wildman–Crippen MR) is 80.7 cm³/mol. The average molecular weight is 359 g/mol. The van der Waals surface area contributed by atoms with Crippen LogP contribution in [0.25, 0.3) is 5.57 Å². The van der Waals surface area contributed by atoms with Crippen molar-refractivity contribution in [2.75, 3.05) is 0 Å². The molecule has 0 radical (unpaired) electrons. The third kappa shape index (κ3) is 3.65. The van der Waals surface area contributed by atoms with Crippen molar-refractivity contribution in [3.63, 3.8) is 0 Å². The molecule has 0 aliphatic carbocycles. The Morgan fingerprint density at radius 2 is 2.21 bits per heavy atom. The van der Waals surface area contributed by atoms with Crippen molar-refractivity contribution in [3.05, 3.63) is 55.4 Å². The molecular weight excluding hydrogens is 350 g/mol. The van der Waals surface area contributed by atoms with E-state index < -0.39 is 5.97 Å². The topological polar surface area (TPSA) is 50.2 Å². The van der Waals surface area contributed by atoms with E-state index >= 15 is 0 Å². The van der Waals surface area contributed by atoms with Gasteiger partial charge in [0.05, 0.1) is 0 Å². The van der Waals surface area contributed by atoms with Gasteiger partial charge in [0.1, 0.15) is 5.01 Å². The molecule has 1 heterocycles. The van der Waals surface area contributed by atoms with Crippen molar-refractivity contribution in [3.8, 4) is 0 Å². The minimum absolute atomic E-state index is 0.536. The number of aromatic nitrogens is 1. The summed E-state index contributed by atoms with van der Waals surface area (Å²) in [4.78, 5) is 16.2. The van der Waals surface area contributed by atoms with Crippen molar-refractivity contribution in [2.24, 2.45) is 0 Å². The number of hydrogen-bond donors (Lipinski definition) is 1. The van der Waals surface area contributed by atoms with Crippen LogP contribution in [0.3, 0.4) is 0 Å². The summed E-state index contributed by atoms with van der Waals surface area (Å²) in [5.74, 6) is -1.01. The number of thiazole rings is 1. The van der Waals surface area contributed by atoms with Gasteiger partial charge < -0.3 is 5.11 Å². The Bertz CT molecular complexity index is 646. The minimum Gasteiger partial charge on any atom is -0.478 e. The molecule has 0 fully saturated rings. The fourth-order valence-electron chi connectivity index (χ4n) is 1.58. The zero-order chi connectivity index (χ0) is 14.0. The summed E-state index contributed by atoms with van der Waals surface area (Å²) in [7, 11) is 0. The van der Waals surface area contributed by atoms with Gasteiger partial charge in [-0.1, -0.05) is 27.5 Å². The molecule has 0 saturated carbocycles. The van der Waals surface area contributed by atoms with Crippen LogP contribution in [0.2, 0.25) is 5.02 Å². The highest BCUT2D eigenvalue weighted by Gasteiger charge is 2.12. The number of carbonyl (C=O) groups is 1. The first-order valence-corrected chi connectivity index (χ1v) is 7.28. The van der Waals surface area contributed by atoms with Crippen molar-refractivity contribution < 1.29 is 9.90 Å². The quantitative estimate of drug-likeness (QED) is 0.828. The Morgan fingerprint density at radius 3 is 2.74 bits per heavy atom. The summed E-state index contributed by atoms with van der Waals surface area (Å²) >= 11 is 10.8. The summed E-state index contributed by atoms with van der Waals surface area (Å²) in [5, 5.41) is 10.2. The summed E-state index contributed by atoms with van der Waals surface area (Å²) in [6, 6.07) is 5.28. The first-order valence-electron chi connectivity index (χ1n) is 5.29. The van der Waals surface area contributed by atoms with Crippen molar-refractivity contribution in [1.82, 2.24) is 4.98 Å². The molecule has 0 amide bonds. The van der Waals surface area contributed by atoms with Crippen molar-refractivity contribution in [2.45, 2.75) is 6.92 Å². The van der Waals surface area contributed by atoms with Gasteiger partial charge in [-0.25, -0.2) is 9.78 Å². The van der Waals surface area contributed by atoms with Crippen molar-refractivity contribution in [1.29, 1.82) is 0 Å². The lowest BCUT2D eigenvalue weighted by Gasteiger charge is -2.05. The maximum atomic E-state index is 11.0. The predicted octanol–water partition coefficient (Wildman–Crippen LogP) is 4.38. The van der Waals surface area contributed by atoms with Gasteiger partial charge in [-0.05, 0) is 30.7 Å². The first kappa shape index (κ1) is 14.2. The van der Waals surface area contributed by atoms with E-state index in [1.807, 2.05) is 13.0 Å². The van der Waals surface area contributed by atoms with Crippen LogP contribution < -0.4 is 0 Å². The Hall–Kier alpha value is -1.17. The van der Waals surface area contributed by atoms with E-state index in [-0.39, 0.29) is 0 Å². The number of halogens is 2. The van der Waals surface area contributed by atoms with Gasteiger partial charge in [0.2, 0.25) is 0 Å². The van der Waals surface area contributed by atoms with Crippen LogP contribution in [0.1, 0.15) is 15.4 Å². The average Bonchev–Trinajstić information content (AvgIpc) is 2.71. The van der Waals surface area contributed by atoms with Gasteiger partial charge in [0.25, 0.3) is 0 Å². The maximum absolute atomic E-state index is 11.0. The van der Waals surface area contributed by atoms with E-state index in [1.54, 1.807) is 18.3 Å². The van der Waals surface area contributed by atoms with Crippen LogP contribution in [-0.2, 0) is 4.79 Å². The second-order valence-electron chi connectivity index (χ2n) is 3.83. The molecule has 1 aromatic heterocycles. The van der Waals surface area contributed by atoms with Crippen LogP contribution in [0.15, 0.2) is 34.9 Å². The van der Waals surface area contributed by atoms with E-state index in [2.05, 4.69) is 20.9 Å². The van der Waals surface area contributed by atoms with Crippen molar-refractivity contribution >= 4 is 50.4 Å². The molecule has 0 bridgehead atoms. The van der Waals surface area contributed by atoms with E-state index in [0.29, 0.717) is 15.6 Å². The number of nitrogens with zero attached hydrogens (tertiary/aromatic N) is 1. The monoisotopic (exact) mass is 357 g/mol. The molecule has 3 nitrogen and oxygen atoms in total. The Kier molecular flexibility index (Phi) is 4.39. The molecular formula is C13H9BrClNO2S. The molecule has 0 saturated heterocycles. The van der Waals surface area contributed by atoms with Crippen LogP contribution in [0.4, 0.5) is 0 Å². The molecule has 1 N–H and O–H groups in total. The zero-order valence-electron chi connectivity index (χ0n) is 9.85. The Labute approximate surface area is 127 Å². The van der Waals surface area contributed by atoms with Gasteiger partial charge in [-0.3, -0.25) is 0 Å². The van der Waals surface area contributed by atoms with E-state index in [9.17, 15) is 4.79 Å². The molecule has 1 aromatic carbocycles. The smallest absolute Gasteiger partial charge is 0.329 e. The SMILES string of the molecule is Cc1cnc(/C(=C\C(=O)O)c2cc(Cl)cc(Br)c2)s1. The number of rotatable bonds is 3. The van der Waals surface area contributed by atoms with Gasteiger partial charge >= 0.3 is 5.97 Å². The largest absolute Gasteiger partial charge is 0.478 e. The molecule has 0 atom stereocenters. The number of hydrogen-bond acceptors (Lipinski definition) is 3. The number of carboxylic acid groups (broad SMARTS) is 1. The second kappa shape index (κ2) is 5.86. The van der Waals surface area contributed by atoms with Crippen LogP contribution >= 0.6 is 38.9 Å². The Morgan fingerprint density at radius 1 is 1.47 bits per heavy atom. The Balaban J connectivity index is 2.58. The molecule has 98 valence electrons. The fourth-order valence-corrected chi connectivity index (χ4v) is 3.24. The van der Waals surface area contributed by atoms with E-state index in [4.69, 9.17) is 16.7 Å². The molecule has 6 heteroatoms. The fraction of sp³-hybridized carbons (Fsp3) is 0.0769. The lowest BCUT2D eigenvalue weighted by molar-refractivity contribution is -0.131. The van der Waals surface area contributed by atoms with Gasteiger partial charge in [0, 0.05) is 32.2 Å². The highest BCUT2D eigenvalue weighted by atomic mass is 79.9. The highest BCUT2D eigenvalue weighted by molar-refractivity contribution is 9.10. The second-order valence-corrected chi connectivity index (χ2v) is 6.42. The number of aryl methyl sites for hydroxylation is 1.